The van der Waals surface area contributed by atoms with Crippen LogP contribution in [0.5, 0.6) is 0 Å². The van der Waals surface area contributed by atoms with E-state index in [0.717, 1.165) is 0 Å². The number of aromatic nitrogens is 2. The highest BCUT2D eigenvalue weighted by Gasteiger charge is 2.44. The average Bonchev–Trinajstić information content (AvgIpc) is 2.75. The minimum Gasteiger partial charge on any atom is -0.352 e. The van der Waals surface area contributed by atoms with Crippen molar-refractivity contribution in [3.05, 3.63) is 33.1 Å². The van der Waals surface area contributed by atoms with Crippen molar-refractivity contribution in [3.63, 3.8) is 0 Å². The lowest BCUT2D eigenvalue weighted by Crippen LogP contribution is -2.31. The van der Waals surface area contributed by atoms with Crippen molar-refractivity contribution in [2.24, 2.45) is 5.41 Å². The molecule has 0 aromatic carbocycles. The van der Waals surface area contributed by atoms with Gasteiger partial charge in [-0.15, -0.1) is 0 Å². The Kier molecular flexibility index (Phi) is 6.24. The molecule has 1 aromatic rings. The van der Waals surface area contributed by atoms with E-state index in [-0.39, 0.29) is 11.8 Å². The van der Waals surface area contributed by atoms with Gasteiger partial charge < -0.3 is 9.63 Å². The summed E-state index contributed by atoms with van der Waals surface area (Å²) >= 11 is 0. The molecule has 0 radical (unpaired) electrons. The van der Waals surface area contributed by atoms with E-state index in [1.165, 1.54) is 16.8 Å². The van der Waals surface area contributed by atoms with Crippen LogP contribution in [0.3, 0.4) is 0 Å². The standard InChI is InChI=1S/C17H29N2O7P/c1-16(2,3)10-12-11(25-27(22,23)26-17(4,5)6)9-14(24-12)19-8-7-13(20)18-15(19)21/h7-8,11-12,14H,9-10H2,1-6H3,(H,22,23)(H,18,20,21)/t11-,12-,14-/m1/s1. The Morgan fingerprint density at radius 3 is 2.44 bits per heavy atom. The van der Waals surface area contributed by atoms with E-state index < -0.39 is 43.1 Å². The number of aromatic amines is 1. The lowest BCUT2D eigenvalue weighted by atomic mass is 9.87. The molecule has 0 aliphatic carbocycles. The third-order valence-corrected chi connectivity index (χ3v) is 5.13. The second-order valence-corrected chi connectivity index (χ2v) is 10.3. The third kappa shape index (κ3) is 6.69. The average molecular weight is 404 g/mol. The number of hydrogen-bond donors (Lipinski definition) is 2. The van der Waals surface area contributed by atoms with Crippen LogP contribution in [0.15, 0.2) is 21.9 Å². The molecule has 10 heteroatoms. The van der Waals surface area contributed by atoms with Crippen molar-refractivity contribution in [3.8, 4) is 0 Å². The molecule has 0 amide bonds. The highest BCUT2D eigenvalue weighted by molar-refractivity contribution is 7.47. The minimum absolute atomic E-state index is 0.137. The van der Waals surface area contributed by atoms with E-state index in [1.54, 1.807) is 20.8 Å². The molecule has 1 aromatic heterocycles. The van der Waals surface area contributed by atoms with E-state index in [1.807, 2.05) is 20.8 Å². The predicted octanol–water partition coefficient (Wildman–Crippen LogP) is 2.56. The molecule has 27 heavy (non-hydrogen) atoms. The molecule has 2 heterocycles. The normalized spacial score (nSPS) is 26.1. The first-order valence-electron chi connectivity index (χ1n) is 8.84. The third-order valence-electron chi connectivity index (χ3n) is 3.81. The van der Waals surface area contributed by atoms with Gasteiger partial charge in [-0.1, -0.05) is 20.8 Å². The Morgan fingerprint density at radius 2 is 1.93 bits per heavy atom. The predicted molar refractivity (Wildman–Crippen MR) is 99.5 cm³/mol. The lowest BCUT2D eigenvalue weighted by Gasteiger charge is -2.29. The molecular weight excluding hydrogens is 375 g/mol. The Labute approximate surface area is 158 Å². The Hall–Kier alpha value is -1.25. The zero-order chi connectivity index (χ0) is 20.6. The number of phosphoric acid groups is 1. The molecule has 1 fully saturated rings. The summed E-state index contributed by atoms with van der Waals surface area (Å²) in [4.78, 5) is 35.6. The van der Waals surface area contributed by atoms with Crippen LogP contribution >= 0.6 is 7.82 Å². The van der Waals surface area contributed by atoms with Gasteiger partial charge in [0.25, 0.3) is 5.56 Å². The summed E-state index contributed by atoms with van der Waals surface area (Å²) in [5, 5.41) is 0. The Bertz CT molecular complexity index is 818. The molecule has 0 saturated carbocycles. The van der Waals surface area contributed by atoms with Crippen molar-refractivity contribution in [1.29, 1.82) is 0 Å². The molecule has 2 N–H and O–H groups in total. The molecule has 154 valence electrons. The quantitative estimate of drug-likeness (QED) is 0.724. The zero-order valence-electron chi connectivity index (χ0n) is 16.6. The number of phosphoric ester groups is 1. The monoisotopic (exact) mass is 404 g/mol. The van der Waals surface area contributed by atoms with Crippen LogP contribution in [0.4, 0.5) is 0 Å². The molecule has 1 unspecified atom stereocenters. The van der Waals surface area contributed by atoms with E-state index in [4.69, 9.17) is 13.8 Å². The number of ether oxygens (including phenoxy) is 1. The maximum Gasteiger partial charge on any atom is 0.473 e. The summed E-state index contributed by atoms with van der Waals surface area (Å²) in [6.07, 6.45) is 0.0736. The van der Waals surface area contributed by atoms with Crippen molar-refractivity contribution in [2.75, 3.05) is 0 Å². The molecule has 1 saturated heterocycles. The minimum atomic E-state index is -4.33. The van der Waals surface area contributed by atoms with Crippen LogP contribution in [0.2, 0.25) is 0 Å². The van der Waals surface area contributed by atoms with E-state index in [9.17, 15) is 19.0 Å². The van der Waals surface area contributed by atoms with Crippen molar-refractivity contribution >= 4 is 7.82 Å². The van der Waals surface area contributed by atoms with Crippen LogP contribution in [0.25, 0.3) is 0 Å². The fourth-order valence-electron chi connectivity index (χ4n) is 2.96. The molecule has 1 aliphatic heterocycles. The van der Waals surface area contributed by atoms with Gasteiger partial charge in [0.2, 0.25) is 0 Å². The maximum absolute atomic E-state index is 12.4. The molecule has 0 spiro atoms. The lowest BCUT2D eigenvalue weighted by molar-refractivity contribution is -0.0427. The largest absolute Gasteiger partial charge is 0.473 e. The first kappa shape index (κ1) is 22.0. The van der Waals surface area contributed by atoms with Gasteiger partial charge in [-0.25, -0.2) is 9.36 Å². The number of nitrogens with zero attached hydrogens (tertiary/aromatic N) is 1. The summed E-state index contributed by atoms with van der Waals surface area (Å²) < 4.78 is 30.2. The van der Waals surface area contributed by atoms with Gasteiger partial charge in [0.1, 0.15) is 6.23 Å². The van der Waals surface area contributed by atoms with Crippen molar-refractivity contribution < 1.29 is 23.2 Å². The van der Waals surface area contributed by atoms with Crippen LogP contribution < -0.4 is 11.2 Å². The molecule has 4 atom stereocenters. The van der Waals surface area contributed by atoms with Gasteiger partial charge in [-0.2, -0.15) is 0 Å². The van der Waals surface area contributed by atoms with E-state index in [0.29, 0.717) is 6.42 Å². The summed E-state index contributed by atoms with van der Waals surface area (Å²) in [5.41, 5.74) is -2.12. The maximum atomic E-state index is 12.4. The summed E-state index contributed by atoms with van der Waals surface area (Å²) in [6, 6.07) is 1.22. The second kappa shape index (κ2) is 7.64. The van der Waals surface area contributed by atoms with Crippen LogP contribution in [-0.2, 0) is 18.3 Å². The number of nitrogens with one attached hydrogen (secondary N) is 1. The molecule has 9 nitrogen and oxygen atoms in total. The molecular formula is C17H29N2O7P. The topological polar surface area (TPSA) is 120 Å². The van der Waals surface area contributed by atoms with Gasteiger partial charge in [-0.3, -0.25) is 23.4 Å². The fraction of sp³-hybridized carbons (Fsp3) is 0.765. The molecule has 2 rings (SSSR count). The van der Waals surface area contributed by atoms with Gasteiger partial charge in [0.15, 0.2) is 0 Å². The number of H-pyrrole nitrogens is 1. The fourth-order valence-corrected chi connectivity index (χ4v) is 4.26. The summed E-state index contributed by atoms with van der Waals surface area (Å²) in [5.74, 6) is 0. The smallest absolute Gasteiger partial charge is 0.352 e. The number of rotatable bonds is 5. The van der Waals surface area contributed by atoms with Gasteiger partial charge in [-0.05, 0) is 32.6 Å². The van der Waals surface area contributed by atoms with Gasteiger partial charge >= 0.3 is 13.5 Å². The highest BCUT2D eigenvalue weighted by atomic mass is 31.2. The van der Waals surface area contributed by atoms with Crippen LogP contribution in [0.1, 0.15) is 60.6 Å². The Balaban J connectivity index is 2.26. The first-order chi connectivity index (χ1) is 12.2. The van der Waals surface area contributed by atoms with Crippen molar-refractivity contribution in [2.45, 2.75) is 78.4 Å². The van der Waals surface area contributed by atoms with Crippen molar-refractivity contribution in [1.82, 2.24) is 9.55 Å². The van der Waals surface area contributed by atoms with Gasteiger partial charge in [0, 0.05) is 18.7 Å². The zero-order valence-corrected chi connectivity index (χ0v) is 17.5. The van der Waals surface area contributed by atoms with Crippen LogP contribution in [0, 0.1) is 5.41 Å². The summed E-state index contributed by atoms with van der Waals surface area (Å²) in [7, 11) is -4.33. The second-order valence-electron chi connectivity index (χ2n) is 8.96. The summed E-state index contributed by atoms with van der Waals surface area (Å²) in [6.45, 7) is 11.0. The van der Waals surface area contributed by atoms with Gasteiger partial charge in [0.05, 0.1) is 17.8 Å². The SMILES string of the molecule is CC(C)(C)C[C@H]1O[C@@H](n2ccc(=O)[nH]c2=O)C[C@H]1OP(=O)(O)OC(C)(C)C. The first-order valence-corrected chi connectivity index (χ1v) is 10.3. The molecule has 0 bridgehead atoms. The number of hydrogen-bond acceptors (Lipinski definition) is 6. The van der Waals surface area contributed by atoms with Crippen LogP contribution in [-0.4, -0.2) is 32.3 Å². The van der Waals surface area contributed by atoms with E-state index >= 15 is 0 Å². The molecule has 1 aliphatic rings. The Morgan fingerprint density at radius 1 is 1.30 bits per heavy atom. The van der Waals surface area contributed by atoms with E-state index in [2.05, 4.69) is 4.98 Å². The highest BCUT2D eigenvalue weighted by Crippen LogP contribution is 2.51.